The van der Waals surface area contributed by atoms with Crippen molar-refractivity contribution in [3.05, 3.63) is 11.9 Å². The highest BCUT2D eigenvalue weighted by atomic mass is 32.2. The van der Waals surface area contributed by atoms with Crippen molar-refractivity contribution >= 4 is 10.0 Å². The van der Waals surface area contributed by atoms with E-state index in [4.69, 9.17) is 0 Å². The molecule has 5 nitrogen and oxygen atoms in total. The summed E-state index contributed by atoms with van der Waals surface area (Å²) in [6.07, 6.45) is 8.69. The van der Waals surface area contributed by atoms with E-state index >= 15 is 0 Å². The second-order valence-electron chi connectivity index (χ2n) is 7.74. The molecule has 0 aliphatic heterocycles. The monoisotopic (exact) mass is 323 g/mol. The largest absolute Gasteiger partial charge is 0.271 e. The van der Waals surface area contributed by atoms with Crippen LogP contribution in [0.25, 0.3) is 0 Å². The summed E-state index contributed by atoms with van der Waals surface area (Å²) in [5.74, 6) is 2.19. The molecule has 1 heterocycles. The molecule has 1 N–H and O–H groups in total. The second-order valence-corrected chi connectivity index (χ2v) is 9.39. The van der Waals surface area contributed by atoms with E-state index in [2.05, 4.69) is 9.82 Å². The number of rotatable bonds is 4. The zero-order valence-corrected chi connectivity index (χ0v) is 14.2. The van der Waals surface area contributed by atoms with Crippen LogP contribution in [0.1, 0.15) is 51.1 Å². The van der Waals surface area contributed by atoms with Gasteiger partial charge in [0.25, 0.3) is 0 Å². The van der Waals surface area contributed by atoms with Crippen molar-refractivity contribution in [2.75, 3.05) is 0 Å². The summed E-state index contributed by atoms with van der Waals surface area (Å²) >= 11 is 0. The zero-order chi connectivity index (χ0) is 15.5. The average molecular weight is 323 g/mol. The molecule has 4 bridgehead atoms. The quantitative estimate of drug-likeness (QED) is 0.926. The second kappa shape index (κ2) is 4.81. The van der Waals surface area contributed by atoms with E-state index in [1.165, 1.54) is 19.3 Å². The third kappa shape index (κ3) is 2.31. The Balaban J connectivity index is 1.63. The number of nitrogens with zero attached hydrogens (tertiary/aromatic N) is 2. The van der Waals surface area contributed by atoms with E-state index in [1.807, 2.05) is 6.92 Å². The molecule has 4 aliphatic carbocycles. The fourth-order valence-corrected chi connectivity index (χ4v) is 7.12. The molecule has 0 atom stereocenters. The molecule has 0 amide bonds. The molecular weight excluding hydrogens is 298 g/mol. The summed E-state index contributed by atoms with van der Waals surface area (Å²) in [5.41, 5.74) is 0.410. The lowest BCUT2D eigenvalue weighted by atomic mass is 9.53. The van der Waals surface area contributed by atoms with Crippen LogP contribution in [-0.2, 0) is 16.6 Å². The van der Waals surface area contributed by atoms with Gasteiger partial charge in [-0.15, -0.1) is 0 Å². The van der Waals surface area contributed by atoms with E-state index in [1.54, 1.807) is 17.8 Å². The summed E-state index contributed by atoms with van der Waals surface area (Å²) in [7, 11) is -3.48. The molecule has 1 aromatic heterocycles. The Morgan fingerprint density at radius 3 is 2.23 bits per heavy atom. The molecule has 4 aliphatic rings. The minimum atomic E-state index is -3.48. The van der Waals surface area contributed by atoms with Crippen LogP contribution in [0.2, 0.25) is 0 Å². The minimum Gasteiger partial charge on any atom is -0.271 e. The molecule has 0 spiro atoms. The highest BCUT2D eigenvalue weighted by Gasteiger charge is 2.52. The molecule has 0 aromatic carbocycles. The molecule has 4 fully saturated rings. The highest BCUT2D eigenvalue weighted by molar-refractivity contribution is 7.89. The highest BCUT2D eigenvalue weighted by Crippen LogP contribution is 2.55. The van der Waals surface area contributed by atoms with E-state index < -0.39 is 10.0 Å². The van der Waals surface area contributed by atoms with Crippen LogP contribution in [0.3, 0.4) is 0 Å². The van der Waals surface area contributed by atoms with Gasteiger partial charge < -0.3 is 0 Å². The number of hydrogen-bond acceptors (Lipinski definition) is 3. The lowest BCUT2D eigenvalue weighted by molar-refractivity contribution is -0.00810. The lowest BCUT2D eigenvalue weighted by Gasteiger charge is -2.56. The maximum Gasteiger partial charge on any atom is 0.244 e. The van der Waals surface area contributed by atoms with Crippen LogP contribution in [0.5, 0.6) is 0 Å². The summed E-state index contributed by atoms with van der Waals surface area (Å²) in [4.78, 5) is 0.352. The number of aryl methyl sites for hydroxylation is 2. The maximum absolute atomic E-state index is 12.9. The first kappa shape index (κ1) is 14.7. The molecular formula is C16H25N3O2S. The first-order chi connectivity index (χ1) is 10.4. The number of nitrogens with one attached hydrogen (secondary N) is 1. The summed E-state index contributed by atoms with van der Waals surface area (Å²) < 4.78 is 30.6. The Kier molecular flexibility index (Phi) is 3.21. The molecule has 0 radical (unpaired) electrons. The SMILES string of the molecule is CCn1cc(S(=O)(=O)NC23CC4CC(CC(C4)C2)C3)c(C)n1. The van der Waals surface area contributed by atoms with E-state index in [0.717, 1.165) is 37.0 Å². The van der Waals surface area contributed by atoms with Crippen molar-refractivity contribution in [3.63, 3.8) is 0 Å². The lowest BCUT2D eigenvalue weighted by Crippen LogP contribution is -2.59. The molecule has 5 rings (SSSR count). The van der Waals surface area contributed by atoms with Gasteiger partial charge in [-0.25, -0.2) is 13.1 Å². The van der Waals surface area contributed by atoms with Crippen molar-refractivity contribution in [3.8, 4) is 0 Å². The topological polar surface area (TPSA) is 64.0 Å². The molecule has 6 heteroatoms. The zero-order valence-electron chi connectivity index (χ0n) is 13.4. The Bertz CT molecular complexity index is 657. The van der Waals surface area contributed by atoms with Gasteiger partial charge >= 0.3 is 0 Å². The smallest absolute Gasteiger partial charge is 0.244 e. The third-order valence-electron chi connectivity index (χ3n) is 5.90. The molecule has 0 unspecified atom stereocenters. The first-order valence-corrected chi connectivity index (χ1v) is 9.95. The van der Waals surface area contributed by atoms with Crippen molar-refractivity contribution in [2.45, 2.75) is 69.4 Å². The Hall–Kier alpha value is -0.880. The molecule has 0 saturated heterocycles. The summed E-state index contributed by atoms with van der Waals surface area (Å²) in [5, 5.41) is 4.29. The van der Waals surface area contributed by atoms with Gasteiger partial charge in [-0.1, -0.05) is 0 Å². The molecule has 4 saturated carbocycles. The van der Waals surface area contributed by atoms with Gasteiger partial charge in [0, 0.05) is 18.3 Å². The predicted octanol–water partition coefficient (Wildman–Crippen LogP) is 2.46. The third-order valence-corrected chi connectivity index (χ3v) is 7.59. The Morgan fingerprint density at radius 1 is 1.23 bits per heavy atom. The van der Waals surface area contributed by atoms with Gasteiger partial charge in [0.05, 0.1) is 5.69 Å². The van der Waals surface area contributed by atoms with E-state index in [9.17, 15) is 8.42 Å². The van der Waals surface area contributed by atoms with Crippen LogP contribution in [0, 0.1) is 24.7 Å². The number of sulfonamides is 1. The standard InChI is InChI=1S/C16H25N3O2S/c1-3-19-10-15(11(2)17-19)22(20,21)18-16-7-12-4-13(8-16)6-14(5-12)9-16/h10,12-14,18H,3-9H2,1-2H3. The fourth-order valence-electron chi connectivity index (χ4n) is 5.50. The van der Waals surface area contributed by atoms with Gasteiger partial charge in [-0.05, 0) is 70.1 Å². The van der Waals surface area contributed by atoms with Crippen molar-refractivity contribution < 1.29 is 8.42 Å². The van der Waals surface area contributed by atoms with E-state index in [-0.39, 0.29) is 5.54 Å². The van der Waals surface area contributed by atoms with Crippen molar-refractivity contribution in [1.82, 2.24) is 14.5 Å². The normalized spacial score (nSPS) is 36.9. The van der Waals surface area contributed by atoms with Gasteiger partial charge in [0.2, 0.25) is 10.0 Å². The maximum atomic E-state index is 12.9. The Labute approximate surface area is 132 Å². The van der Waals surface area contributed by atoms with Crippen molar-refractivity contribution in [2.24, 2.45) is 17.8 Å². The van der Waals surface area contributed by atoms with E-state index in [0.29, 0.717) is 17.1 Å². The summed E-state index contributed by atoms with van der Waals surface area (Å²) in [6, 6.07) is 0. The summed E-state index contributed by atoms with van der Waals surface area (Å²) in [6.45, 7) is 4.43. The van der Waals surface area contributed by atoms with Gasteiger partial charge in [-0.2, -0.15) is 5.10 Å². The average Bonchev–Trinajstić information content (AvgIpc) is 2.78. The fraction of sp³-hybridized carbons (Fsp3) is 0.812. The van der Waals surface area contributed by atoms with Crippen LogP contribution in [-0.4, -0.2) is 23.7 Å². The van der Waals surface area contributed by atoms with Gasteiger partial charge in [0.15, 0.2) is 0 Å². The van der Waals surface area contributed by atoms with Crippen molar-refractivity contribution in [1.29, 1.82) is 0 Å². The Morgan fingerprint density at radius 2 is 1.77 bits per heavy atom. The number of aromatic nitrogens is 2. The van der Waals surface area contributed by atoms with Crippen LogP contribution < -0.4 is 4.72 Å². The van der Waals surface area contributed by atoms with Gasteiger partial charge in [-0.3, -0.25) is 4.68 Å². The first-order valence-electron chi connectivity index (χ1n) is 8.47. The van der Waals surface area contributed by atoms with Gasteiger partial charge in [0.1, 0.15) is 4.90 Å². The van der Waals surface area contributed by atoms with Crippen LogP contribution >= 0.6 is 0 Å². The predicted molar refractivity (Wildman–Crippen MR) is 83.9 cm³/mol. The minimum absolute atomic E-state index is 0.186. The molecule has 1 aromatic rings. The number of hydrogen-bond donors (Lipinski definition) is 1. The molecule has 122 valence electrons. The van der Waals surface area contributed by atoms with Crippen LogP contribution in [0.15, 0.2) is 11.1 Å². The van der Waals surface area contributed by atoms with Crippen LogP contribution in [0.4, 0.5) is 0 Å². The molecule has 22 heavy (non-hydrogen) atoms.